The average Bonchev–Trinajstić information content (AvgIpc) is 3.14. The van der Waals surface area contributed by atoms with Crippen molar-refractivity contribution in [2.75, 3.05) is 5.32 Å². The Morgan fingerprint density at radius 2 is 1.60 bits per heavy atom. The standard InChI is InChI=1S/C19H14ClN3OS/c20-16(13-7-10-14-8-3-1-4-9-14)18-22-23-19(25-18)17(24)21-15-11-5-2-6-12-15/h1-13H,(H,21,24). The first kappa shape index (κ1) is 17.1. The number of benzene rings is 2. The average molecular weight is 368 g/mol. The van der Waals surface area contributed by atoms with Crippen LogP contribution in [0, 0.1) is 0 Å². The van der Waals surface area contributed by atoms with Gasteiger partial charge in [-0.2, -0.15) is 0 Å². The van der Waals surface area contributed by atoms with Gasteiger partial charge in [-0.05, 0) is 23.8 Å². The first-order valence-corrected chi connectivity index (χ1v) is 8.71. The van der Waals surface area contributed by atoms with Gasteiger partial charge in [-0.25, -0.2) is 0 Å². The van der Waals surface area contributed by atoms with Crippen LogP contribution in [0.15, 0.2) is 72.8 Å². The van der Waals surface area contributed by atoms with Gasteiger partial charge in [-0.3, -0.25) is 4.79 Å². The highest BCUT2D eigenvalue weighted by molar-refractivity contribution is 7.15. The number of amides is 1. The molecule has 0 bridgehead atoms. The second kappa shape index (κ2) is 8.37. The molecule has 124 valence electrons. The third-order valence-electron chi connectivity index (χ3n) is 3.19. The van der Waals surface area contributed by atoms with E-state index in [0.717, 1.165) is 16.9 Å². The predicted molar refractivity (Wildman–Crippen MR) is 104 cm³/mol. The van der Waals surface area contributed by atoms with Gasteiger partial charge in [0.1, 0.15) is 0 Å². The zero-order valence-corrected chi connectivity index (χ0v) is 14.7. The predicted octanol–water partition coefficient (Wildman–Crippen LogP) is 5.08. The summed E-state index contributed by atoms with van der Waals surface area (Å²) in [6.45, 7) is 0. The molecular formula is C19H14ClN3OS. The summed E-state index contributed by atoms with van der Waals surface area (Å²) in [7, 11) is 0. The zero-order chi connectivity index (χ0) is 17.5. The van der Waals surface area contributed by atoms with Crippen LogP contribution in [0.4, 0.5) is 5.69 Å². The summed E-state index contributed by atoms with van der Waals surface area (Å²) in [5, 5.41) is 11.8. The molecule has 0 aliphatic heterocycles. The molecule has 3 rings (SSSR count). The molecule has 25 heavy (non-hydrogen) atoms. The minimum Gasteiger partial charge on any atom is -0.320 e. The Hall–Kier alpha value is -2.76. The summed E-state index contributed by atoms with van der Waals surface area (Å²) in [6, 6.07) is 19.1. The third-order valence-corrected chi connectivity index (χ3v) is 4.56. The smallest absolute Gasteiger partial charge is 0.286 e. The van der Waals surface area contributed by atoms with Gasteiger partial charge in [0.25, 0.3) is 5.91 Å². The first-order valence-electron chi connectivity index (χ1n) is 7.51. The molecular weight excluding hydrogens is 354 g/mol. The number of nitrogens with zero attached hydrogens (tertiary/aromatic N) is 2. The maximum absolute atomic E-state index is 12.2. The fraction of sp³-hybridized carbons (Fsp3) is 0. The largest absolute Gasteiger partial charge is 0.320 e. The number of halogens is 1. The van der Waals surface area contributed by atoms with E-state index < -0.39 is 0 Å². The lowest BCUT2D eigenvalue weighted by molar-refractivity contribution is 0.102. The Morgan fingerprint density at radius 1 is 0.960 bits per heavy atom. The summed E-state index contributed by atoms with van der Waals surface area (Å²) in [5.41, 5.74) is 1.78. The second-order valence-electron chi connectivity index (χ2n) is 5.02. The van der Waals surface area contributed by atoms with E-state index >= 15 is 0 Å². The molecule has 0 unspecified atom stereocenters. The molecule has 1 heterocycles. The van der Waals surface area contributed by atoms with Crippen LogP contribution in [0.2, 0.25) is 0 Å². The van der Waals surface area contributed by atoms with Gasteiger partial charge in [-0.15, -0.1) is 10.2 Å². The van der Waals surface area contributed by atoms with E-state index in [1.54, 1.807) is 18.2 Å². The highest BCUT2D eigenvalue weighted by Crippen LogP contribution is 2.23. The molecule has 0 fully saturated rings. The minimum atomic E-state index is -0.306. The lowest BCUT2D eigenvalue weighted by atomic mass is 10.2. The molecule has 4 nitrogen and oxygen atoms in total. The van der Waals surface area contributed by atoms with E-state index in [2.05, 4.69) is 15.5 Å². The Labute approximate surface area is 154 Å². The number of aromatic nitrogens is 2. The number of rotatable bonds is 5. The van der Waals surface area contributed by atoms with E-state index in [9.17, 15) is 4.79 Å². The van der Waals surface area contributed by atoms with Crippen LogP contribution in [-0.4, -0.2) is 16.1 Å². The van der Waals surface area contributed by atoms with E-state index in [1.165, 1.54) is 0 Å². The molecule has 0 radical (unpaired) electrons. The number of hydrogen-bond acceptors (Lipinski definition) is 4. The molecule has 1 amide bonds. The quantitative estimate of drug-likeness (QED) is 0.639. The van der Waals surface area contributed by atoms with Gasteiger partial charge >= 0.3 is 0 Å². The van der Waals surface area contributed by atoms with Crippen molar-refractivity contribution in [3.8, 4) is 0 Å². The lowest BCUT2D eigenvalue weighted by Gasteiger charge is -2.00. The Bertz CT molecular complexity index is 905. The SMILES string of the molecule is O=C(Nc1ccccc1)c1nnc(C(Cl)=CC=Cc2ccccc2)s1. The number of carbonyl (C=O) groups excluding carboxylic acids is 1. The van der Waals surface area contributed by atoms with Crippen LogP contribution < -0.4 is 5.32 Å². The van der Waals surface area contributed by atoms with Crippen LogP contribution in [0.1, 0.15) is 20.4 Å². The molecule has 0 spiro atoms. The summed E-state index contributed by atoms with van der Waals surface area (Å²) in [4.78, 5) is 12.2. The molecule has 0 saturated carbocycles. The van der Waals surface area contributed by atoms with Crippen molar-refractivity contribution >= 4 is 45.6 Å². The highest BCUT2D eigenvalue weighted by atomic mass is 35.5. The fourth-order valence-electron chi connectivity index (χ4n) is 2.00. The molecule has 6 heteroatoms. The van der Waals surface area contributed by atoms with Gasteiger partial charge in [0.2, 0.25) is 5.01 Å². The van der Waals surface area contributed by atoms with Crippen molar-refractivity contribution in [3.05, 3.63) is 88.4 Å². The molecule has 2 aromatic carbocycles. The summed E-state index contributed by atoms with van der Waals surface area (Å²) >= 11 is 7.38. The summed E-state index contributed by atoms with van der Waals surface area (Å²) in [6.07, 6.45) is 5.50. The number of hydrogen-bond donors (Lipinski definition) is 1. The lowest BCUT2D eigenvalue weighted by Crippen LogP contribution is -2.11. The molecule has 0 atom stereocenters. The number of anilines is 1. The van der Waals surface area contributed by atoms with Gasteiger partial charge in [0, 0.05) is 5.69 Å². The van der Waals surface area contributed by atoms with Crippen molar-refractivity contribution in [2.45, 2.75) is 0 Å². The van der Waals surface area contributed by atoms with Crippen molar-refractivity contribution in [2.24, 2.45) is 0 Å². The number of nitrogens with one attached hydrogen (secondary N) is 1. The van der Waals surface area contributed by atoms with Gasteiger partial charge < -0.3 is 5.32 Å². The molecule has 0 aliphatic rings. The molecule has 1 aromatic heterocycles. The van der Waals surface area contributed by atoms with Crippen molar-refractivity contribution in [3.63, 3.8) is 0 Å². The van der Waals surface area contributed by atoms with Gasteiger partial charge in [-0.1, -0.05) is 83.6 Å². The van der Waals surface area contributed by atoms with E-state index in [1.807, 2.05) is 60.7 Å². The number of carbonyl (C=O) groups is 1. The van der Waals surface area contributed by atoms with Gasteiger partial charge in [0.05, 0.1) is 5.03 Å². The zero-order valence-electron chi connectivity index (χ0n) is 13.1. The fourth-order valence-corrected chi connectivity index (χ4v) is 2.88. The van der Waals surface area contributed by atoms with E-state index in [-0.39, 0.29) is 10.9 Å². The highest BCUT2D eigenvalue weighted by Gasteiger charge is 2.14. The van der Waals surface area contributed by atoms with E-state index in [4.69, 9.17) is 11.6 Å². The summed E-state index contributed by atoms with van der Waals surface area (Å²) < 4.78 is 0. The normalized spacial score (nSPS) is 11.6. The van der Waals surface area contributed by atoms with Crippen LogP contribution in [-0.2, 0) is 0 Å². The van der Waals surface area contributed by atoms with Crippen LogP contribution in [0.5, 0.6) is 0 Å². The molecule has 1 N–H and O–H groups in total. The topological polar surface area (TPSA) is 54.9 Å². The van der Waals surface area contributed by atoms with Crippen molar-refractivity contribution < 1.29 is 4.79 Å². The number of para-hydroxylation sites is 1. The summed E-state index contributed by atoms with van der Waals surface area (Å²) in [5.74, 6) is -0.306. The van der Waals surface area contributed by atoms with Crippen molar-refractivity contribution in [1.82, 2.24) is 10.2 Å². The molecule has 0 aliphatic carbocycles. The second-order valence-corrected chi connectivity index (χ2v) is 6.40. The Kier molecular flexibility index (Phi) is 5.72. The molecule has 3 aromatic rings. The monoisotopic (exact) mass is 367 g/mol. The van der Waals surface area contributed by atoms with Gasteiger partial charge in [0.15, 0.2) is 5.01 Å². The first-order chi connectivity index (χ1) is 12.2. The maximum atomic E-state index is 12.2. The molecule has 0 saturated heterocycles. The Balaban J connectivity index is 1.67. The van der Waals surface area contributed by atoms with Crippen LogP contribution in [0.25, 0.3) is 11.1 Å². The van der Waals surface area contributed by atoms with Crippen molar-refractivity contribution in [1.29, 1.82) is 0 Å². The van der Waals surface area contributed by atoms with Crippen LogP contribution in [0.3, 0.4) is 0 Å². The maximum Gasteiger partial charge on any atom is 0.286 e. The minimum absolute atomic E-state index is 0.262. The Morgan fingerprint density at radius 3 is 2.32 bits per heavy atom. The number of allylic oxidation sites excluding steroid dienone is 2. The van der Waals surface area contributed by atoms with Crippen LogP contribution >= 0.6 is 22.9 Å². The third kappa shape index (κ3) is 4.86. The van der Waals surface area contributed by atoms with E-state index in [0.29, 0.717) is 15.7 Å².